The lowest BCUT2D eigenvalue weighted by atomic mass is 9.94. The van der Waals surface area contributed by atoms with Crippen LogP contribution in [0.15, 0.2) is 48.7 Å². The Balaban J connectivity index is 1.66. The van der Waals surface area contributed by atoms with Crippen molar-refractivity contribution in [2.75, 3.05) is 32.6 Å². The first kappa shape index (κ1) is 22.4. The van der Waals surface area contributed by atoms with Gasteiger partial charge in [-0.15, -0.1) is 0 Å². The molecule has 1 N–H and O–H groups in total. The summed E-state index contributed by atoms with van der Waals surface area (Å²) in [5.41, 5.74) is 2.68. The van der Waals surface area contributed by atoms with Crippen LogP contribution >= 0.6 is 0 Å². The van der Waals surface area contributed by atoms with Gasteiger partial charge >= 0.3 is 6.18 Å². The lowest BCUT2D eigenvalue weighted by Gasteiger charge is -2.30. The summed E-state index contributed by atoms with van der Waals surface area (Å²) in [4.78, 5) is 22.3. The number of para-hydroxylation sites is 2. The summed E-state index contributed by atoms with van der Waals surface area (Å²) >= 11 is 0. The van der Waals surface area contributed by atoms with E-state index in [0.29, 0.717) is 34.2 Å². The lowest BCUT2D eigenvalue weighted by molar-refractivity contribution is -0.141. The van der Waals surface area contributed by atoms with Crippen LogP contribution in [0.2, 0.25) is 0 Å². The summed E-state index contributed by atoms with van der Waals surface area (Å²) in [5, 5.41) is 3.11. The first-order valence-corrected chi connectivity index (χ1v) is 10.1. The largest absolute Gasteiger partial charge is 0.496 e. The molecule has 4 rings (SSSR count). The third-order valence-electron chi connectivity index (χ3n) is 5.23. The number of nitrogens with one attached hydrogen (secondary N) is 1. The van der Waals surface area contributed by atoms with Crippen molar-refractivity contribution < 1.29 is 27.4 Å². The molecule has 0 spiro atoms. The number of alkyl halides is 3. The first-order chi connectivity index (χ1) is 15.8. The standard InChI is InChI=1S/C23H21F3N4O3/c1-32-18-6-4-3-5-17(18)29-22-27-9-7-16(28-22)15-11-14-8-10-30(13-23(24,25)26)21(31)20(14)19(12-15)33-2/h3-7,9,11-12H,8,10,13H2,1-2H3,(H,27,28,29). The molecule has 172 valence electrons. The van der Waals surface area contributed by atoms with Crippen LogP contribution in [0, 0.1) is 0 Å². The quantitative estimate of drug-likeness (QED) is 0.588. The Labute approximate surface area is 188 Å². The number of hydrogen-bond acceptors (Lipinski definition) is 6. The molecule has 0 bridgehead atoms. The van der Waals surface area contributed by atoms with Gasteiger partial charge in [0.1, 0.15) is 18.0 Å². The maximum absolute atomic E-state index is 12.8. The average Bonchev–Trinajstić information content (AvgIpc) is 2.80. The van der Waals surface area contributed by atoms with Crippen LogP contribution in [0.5, 0.6) is 11.5 Å². The number of carbonyl (C=O) groups excluding carboxylic acids is 1. The molecule has 0 unspecified atom stereocenters. The number of hydrogen-bond donors (Lipinski definition) is 1. The molecular weight excluding hydrogens is 437 g/mol. The highest BCUT2D eigenvalue weighted by molar-refractivity contribution is 6.00. The molecule has 7 nitrogen and oxygen atoms in total. The molecule has 10 heteroatoms. The minimum atomic E-state index is -4.47. The fraction of sp³-hybridized carbons (Fsp3) is 0.261. The van der Waals surface area contributed by atoms with Crippen LogP contribution in [0.25, 0.3) is 11.3 Å². The number of aromatic nitrogens is 2. The smallest absolute Gasteiger partial charge is 0.406 e. The molecule has 0 atom stereocenters. The van der Waals surface area contributed by atoms with Gasteiger partial charge < -0.3 is 19.7 Å². The van der Waals surface area contributed by atoms with E-state index in [1.54, 1.807) is 37.6 Å². The van der Waals surface area contributed by atoms with E-state index in [1.807, 2.05) is 18.2 Å². The number of rotatable bonds is 6. The second kappa shape index (κ2) is 8.97. The van der Waals surface area contributed by atoms with E-state index < -0.39 is 18.6 Å². The van der Waals surface area contributed by atoms with E-state index in [0.717, 1.165) is 4.90 Å². The van der Waals surface area contributed by atoms with Gasteiger partial charge in [-0.1, -0.05) is 12.1 Å². The topological polar surface area (TPSA) is 76.6 Å². The van der Waals surface area contributed by atoms with Crippen molar-refractivity contribution in [2.45, 2.75) is 12.6 Å². The highest BCUT2D eigenvalue weighted by Crippen LogP contribution is 2.35. The Hall–Kier alpha value is -3.82. The van der Waals surface area contributed by atoms with Crippen LogP contribution in [-0.4, -0.2) is 54.3 Å². The second-order valence-electron chi connectivity index (χ2n) is 7.40. The van der Waals surface area contributed by atoms with Gasteiger partial charge in [0, 0.05) is 18.3 Å². The monoisotopic (exact) mass is 458 g/mol. The van der Waals surface area contributed by atoms with Crippen molar-refractivity contribution in [2.24, 2.45) is 0 Å². The van der Waals surface area contributed by atoms with E-state index in [-0.39, 0.29) is 24.3 Å². The molecule has 1 aromatic heterocycles. The normalized spacial score (nSPS) is 13.5. The summed E-state index contributed by atoms with van der Waals surface area (Å²) in [7, 11) is 2.94. The number of methoxy groups -OCH3 is 2. The molecule has 2 heterocycles. The fourth-order valence-corrected chi connectivity index (χ4v) is 3.75. The van der Waals surface area contributed by atoms with E-state index in [9.17, 15) is 18.0 Å². The van der Waals surface area contributed by atoms with Gasteiger partial charge in [-0.3, -0.25) is 4.79 Å². The number of benzene rings is 2. The molecule has 3 aromatic rings. The van der Waals surface area contributed by atoms with Gasteiger partial charge in [0.25, 0.3) is 5.91 Å². The lowest BCUT2D eigenvalue weighted by Crippen LogP contribution is -2.43. The van der Waals surface area contributed by atoms with Crippen LogP contribution in [0.3, 0.4) is 0 Å². The van der Waals surface area contributed by atoms with Gasteiger partial charge in [-0.2, -0.15) is 13.2 Å². The molecule has 0 saturated carbocycles. The van der Waals surface area contributed by atoms with E-state index >= 15 is 0 Å². The van der Waals surface area contributed by atoms with Gasteiger partial charge in [0.2, 0.25) is 5.95 Å². The molecule has 0 fully saturated rings. The molecule has 1 aliphatic heterocycles. The average molecular weight is 458 g/mol. The number of carbonyl (C=O) groups is 1. The number of nitrogens with zero attached hydrogens (tertiary/aromatic N) is 3. The first-order valence-electron chi connectivity index (χ1n) is 10.1. The van der Waals surface area contributed by atoms with Gasteiger partial charge in [-0.25, -0.2) is 9.97 Å². The molecule has 0 saturated heterocycles. The van der Waals surface area contributed by atoms with Crippen molar-refractivity contribution >= 4 is 17.5 Å². The maximum atomic E-state index is 12.8. The Kier molecular flexibility index (Phi) is 6.08. The summed E-state index contributed by atoms with van der Waals surface area (Å²) in [6.07, 6.45) is -2.60. The zero-order valence-corrected chi connectivity index (χ0v) is 17.9. The Morgan fingerprint density at radius 2 is 1.85 bits per heavy atom. The third kappa shape index (κ3) is 4.84. The zero-order valence-electron chi connectivity index (χ0n) is 17.9. The van der Waals surface area contributed by atoms with Crippen LogP contribution in [0.4, 0.5) is 24.8 Å². The molecule has 1 aliphatic rings. The SMILES string of the molecule is COc1ccccc1Nc1nccc(-c2cc3c(c(OC)c2)C(=O)N(CC(F)(F)F)CC3)n1. The molecule has 1 amide bonds. The Morgan fingerprint density at radius 1 is 1.09 bits per heavy atom. The predicted octanol–water partition coefficient (Wildman–Crippen LogP) is 4.47. The molecule has 33 heavy (non-hydrogen) atoms. The number of fused-ring (bicyclic) bond motifs is 1. The molecule has 0 radical (unpaired) electrons. The number of amides is 1. The highest BCUT2D eigenvalue weighted by atomic mass is 19.4. The van der Waals surface area contributed by atoms with Crippen LogP contribution < -0.4 is 14.8 Å². The van der Waals surface area contributed by atoms with E-state index in [2.05, 4.69) is 15.3 Å². The number of halogens is 3. The van der Waals surface area contributed by atoms with Crippen molar-refractivity contribution in [1.29, 1.82) is 0 Å². The van der Waals surface area contributed by atoms with Gasteiger partial charge in [0.05, 0.1) is 31.2 Å². The molecule has 2 aromatic carbocycles. The maximum Gasteiger partial charge on any atom is 0.406 e. The summed E-state index contributed by atoms with van der Waals surface area (Å²) in [6, 6.07) is 12.4. The Morgan fingerprint density at radius 3 is 2.58 bits per heavy atom. The zero-order chi connectivity index (χ0) is 23.6. The van der Waals surface area contributed by atoms with Crippen molar-refractivity contribution in [1.82, 2.24) is 14.9 Å². The molecular formula is C23H21F3N4O3. The van der Waals surface area contributed by atoms with E-state index in [4.69, 9.17) is 9.47 Å². The minimum Gasteiger partial charge on any atom is -0.496 e. The van der Waals surface area contributed by atoms with Crippen molar-refractivity contribution in [3.05, 3.63) is 59.8 Å². The predicted molar refractivity (Wildman–Crippen MR) is 116 cm³/mol. The summed E-state index contributed by atoms with van der Waals surface area (Å²) in [6.45, 7) is -1.32. The van der Waals surface area contributed by atoms with E-state index in [1.165, 1.54) is 7.11 Å². The summed E-state index contributed by atoms with van der Waals surface area (Å²) < 4.78 is 49.2. The highest BCUT2D eigenvalue weighted by Gasteiger charge is 2.37. The second-order valence-corrected chi connectivity index (χ2v) is 7.40. The van der Waals surface area contributed by atoms with Gasteiger partial charge in [0.15, 0.2) is 0 Å². The number of anilines is 2. The van der Waals surface area contributed by atoms with Crippen molar-refractivity contribution in [3.8, 4) is 22.8 Å². The Bertz CT molecular complexity index is 1170. The minimum absolute atomic E-state index is 0.0255. The van der Waals surface area contributed by atoms with Crippen LogP contribution in [-0.2, 0) is 6.42 Å². The third-order valence-corrected chi connectivity index (χ3v) is 5.23. The van der Waals surface area contributed by atoms with Crippen molar-refractivity contribution in [3.63, 3.8) is 0 Å². The summed E-state index contributed by atoms with van der Waals surface area (Å²) in [5.74, 6) is 0.473. The fourth-order valence-electron chi connectivity index (χ4n) is 3.75. The van der Waals surface area contributed by atoms with Gasteiger partial charge in [-0.05, 0) is 42.3 Å². The number of ether oxygens (including phenoxy) is 2. The van der Waals surface area contributed by atoms with Crippen LogP contribution in [0.1, 0.15) is 15.9 Å². The molecule has 0 aliphatic carbocycles.